The molecule has 0 atom stereocenters. The summed E-state index contributed by atoms with van der Waals surface area (Å²) in [6, 6.07) is 14.8. The Morgan fingerprint density at radius 2 is 1.80 bits per heavy atom. The third kappa shape index (κ3) is 2.08. The summed E-state index contributed by atoms with van der Waals surface area (Å²) in [5.41, 5.74) is 7.83. The molecular weight excluding hydrogens is 182 g/mol. The summed E-state index contributed by atoms with van der Waals surface area (Å²) in [6.07, 6.45) is 0.859. The maximum Gasteiger partial charge on any atom is -0.00367 e. The molecule has 15 heavy (non-hydrogen) atoms. The Bertz CT molecular complexity index is 485. The largest absolute Gasteiger partial charge is 0.330 e. The highest BCUT2D eigenvalue weighted by molar-refractivity contribution is 5.86. The molecule has 2 aromatic rings. The van der Waals surface area contributed by atoms with Crippen LogP contribution in [-0.2, 0) is 0 Å². The van der Waals surface area contributed by atoms with Gasteiger partial charge in [-0.2, -0.15) is 0 Å². The Balaban J connectivity index is 2.42. The van der Waals surface area contributed by atoms with Crippen molar-refractivity contribution in [3.8, 4) is 0 Å². The van der Waals surface area contributed by atoms with Crippen molar-refractivity contribution >= 4 is 16.3 Å². The molecule has 1 heteroatoms. The van der Waals surface area contributed by atoms with Gasteiger partial charge in [0.05, 0.1) is 0 Å². The first-order valence-corrected chi connectivity index (χ1v) is 5.18. The first-order valence-electron chi connectivity index (χ1n) is 5.18. The molecule has 2 aromatic carbocycles. The lowest BCUT2D eigenvalue weighted by Gasteiger charge is -2.05. The molecule has 0 aliphatic carbocycles. The Morgan fingerprint density at radius 1 is 1.07 bits per heavy atom. The fraction of sp³-hybridized carbons (Fsp3) is 0.143. The van der Waals surface area contributed by atoms with Gasteiger partial charge in [-0.25, -0.2) is 0 Å². The molecule has 0 saturated carbocycles. The zero-order valence-electron chi connectivity index (χ0n) is 8.74. The molecular formula is C14H15N. The first-order chi connectivity index (χ1) is 7.31. The molecule has 76 valence electrons. The summed E-state index contributed by atoms with van der Waals surface area (Å²) in [5.74, 6) is 0. The minimum Gasteiger partial charge on any atom is -0.330 e. The summed E-state index contributed by atoms with van der Waals surface area (Å²) in [6.45, 7) is 4.70. The molecule has 0 radical (unpaired) electrons. The van der Waals surface area contributed by atoms with Crippen LogP contribution in [-0.4, -0.2) is 6.54 Å². The van der Waals surface area contributed by atoms with Gasteiger partial charge in [0.1, 0.15) is 0 Å². The van der Waals surface area contributed by atoms with Gasteiger partial charge in [-0.05, 0) is 40.9 Å². The fourth-order valence-electron chi connectivity index (χ4n) is 1.73. The van der Waals surface area contributed by atoms with E-state index in [2.05, 4.69) is 49.0 Å². The van der Waals surface area contributed by atoms with E-state index >= 15 is 0 Å². The van der Waals surface area contributed by atoms with Gasteiger partial charge in [-0.1, -0.05) is 43.0 Å². The van der Waals surface area contributed by atoms with Gasteiger partial charge in [0.15, 0.2) is 0 Å². The van der Waals surface area contributed by atoms with Crippen molar-refractivity contribution in [1.82, 2.24) is 0 Å². The van der Waals surface area contributed by atoms with Crippen LogP contribution in [0.15, 0.2) is 49.0 Å². The lowest BCUT2D eigenvalue weighted by atomic mass is 10.0. The number of rotatable bonds is 3. The number of hydrogen-bond acceptors (Lipinski definition) is 1. The van der Waals surface area contributed by atoms with Crippen molar-refractivity contribution in [1.29, 1.82) is 0 Å². The van der Waals surface area contributed by atoms with Crippen molar-refractivity contribution in [3.05, 3.63) is 54.6 Å². The highest BCUT2D eigenvalue weighted by atomic mass is 14.5. The van der Waals surface area contributed by atoms with E-state index in [0.717, 1.165) is 12.0 Å². The van der Waals surface area contributed by atoms with Crippen molar-refractivity contribution in [2.75, 3.05) is 6.54 Å². The second kappa shape index (κ2) is 4.28. The predicted octanol–water partition coefficient (Wildman–Crippen LogP) is 3.20. The van der Waals surface area contributed by atoms with Gasteiger partial charge < -0.3 is 5.73 Å². The highest BCUT2D eigenvalue weighted by Crippen LogP contribution is 2.21. The van der Waals surface area contributed by atoms with E-state index in [1.807, 2.05) is 0 Å². The maximum atomic E-state index is 5.52. The predicted molar refractivity (Wildman–Crippen MR) is 66.7 cm³/mol. The van der Waals surface area contributed by atoms with Crippen molar-refractivity contribution in [3.63, 3.8) is 0 Å². The first kappa shape index (κ1) is 9.94. The molecule has 0 spiro atoms. The average molecular weight is 197 g/mol. The second-order valence-electron chi connectivity index (χ2n) is 3.70. The minimum atomic E-state index is 0.658. The second-order valence-corrected chi connectivity index (χ2v) is 3.70. The number of fused-ring (bicyclic) bond motifs is 1. The number of benzene rings is 2. The van der Waals surface area contributed by atoms with Crippen molar-refractivity contribution in [2.24, 2.45) is 5.73 Å². The smallest absolute Gasteiger partial charge is 0.00367 e. The fourth-order valence-corrected chi connectivity index (χ4v) is 1.73. The summed E-state index contributed by atoms with van der Waals surface area (Å²) >= 11 is 0. The third-order valence-corrected chi connectivity index (χ3v) is 2.60. The van der Waals surface area contributed by atoms with Crippen LogP contribution in [0.3, 0.4) is 0 Å². The quantitative estimate of drug-likeness (QED) is 0.803. The van der Waals surface area contributed by atoms with E-state index in [9.17, 15) is 0 Å². The van der Waals surface area contributed by atoms with Crippen molar-refractivity contribution < 1.29 is 0 Å². The molecule has 0 unspecified atom stereocenters. The van der Waals surface area contributed by atoms with Crippen LogP contribution in [0.4, 0.5) is 0 Å². The summed E-state index contributed by atoms with van der Waals surface area (Å²) in [4.78, 5) is 0. The van der Waals surface area contributed by atoms with Crippen LogP contribution in [0.25, 0.3) is 16.3 Å². The van der Waals surface area contributed by atoms with E-state index in [0.29, 0.717) is 6.54 Å². The summed E-state index contributed by atoms with van der Waals surface area (Å²) in [7, 11) is 0. The average Bonchev–Trinajstić information content (AvgIpc) is 2.29. The van der Waals surface area contributed by atoms with Gasteiger partial charge in [-0.15, -0.1) is 0 Å². The van der Waals surface area contributed by atoms with E-state index in [1.54, 1.807) is 0 Å². The molecule has 0 aliphatic heterocycles. The molecule has 2 rings (SSSR count). The van der Waals surface area contributed by atoms with Crippen molar-refractivity contribution in [2.45, 2.75) is 6.42 Å². The Kier molecular flexibility index (Phi) is 2.84. The molecule has 0 saturated heterocycles. The van der Waals surface area contributed by atoms with E-state index in [1.165, 1.54) is 16.3 Å². The monoisotopic (exact) mass is 197 g/mol. The van der Waals surface area contributed by atoms with Crippen LogP contribution >= 0.6 is 0 Å². The van der Waals surface area contributed by atoms with Gasteiger partial charge in [0, 0.05) is 0 Å². The van der Waals surface area contributed by atoms with Crippen LogP contribution in [0, 0.1) is 0 Å². The Labute approximate surface area is 90.2 Å². The third-order valence-electron chi connectivity index (χ3n) is 2.60. The number of nitrogens with two attached hydrogens (primary N) is 1. The summed E-state index contributed by atoms with van der Waals surface area (Å²) in [5, 5.41) is 2.52. The molecule has 0 heterocycles. The zero-order valence-corrected chi connectivity index (χ0v) is 8.74. The molecule has 2 N–H and O–H groups in total. The van der Waals surface area contributed by atoms with E-state index in [-0.39, 0.29) is 0 Å². The van der Waals surface area contributed by atoms with E-state index in [4.69, 9.17) is 5.73 Å². The summed E-state index contributed by atoms with van der Waals surface area (Å²) < 4.78 is 0. The number of hydrogen-bond donors (Lipinski definition) is 1. The molecule has 1 nitrogen and oxygen atoms in total. The zero-order chi connectivity index (χ0) is 10.7. The van der Waals surface area contributed by atoms with Gasteiger partial charge in [-0.3, -0.25) is 0 Å². The molecule has 0 aromatic heterocycles. The van der Waals surface area contributed by atoms with Gasteiger partial charge in [0.2, 0.25) is 0 Å². The molecule has 0 bridgehead atoms. The van der Waals surface area contributed by atoms with E-state index < -0.39 is 0 Å². The molecule has 0 fully saturated rings. The van der Waals surface area contributed by atoms with Crippen LogP contribution in [0.2, 0.25) is 0 Å². The lowest BCUT2D eigenvalue weighted by Crippen LogP contribution is -1.99. The Hall–Kier alpha value is -1.60. The normalized spacial score (nSPS) is 10.5. The topological polar surface area (TPSA) is 26.0 Å². The Morgan fingerprint density at radius 3 is 2.53 bits per heavy atom. The lowest BCUT2D eigenvalue weighted by molar-refractivity contribution is 1.02. The SMILES string of the molecule is C=C(CCN)c1ccc2ccccc2c1. The van der Waals surface area contributed by atoms with Crippen LogP contribution in [0.1, 0.15) is 12.0 Å². The highest BCUT2D eigenvalue weighted by Gasteiger charge is 1.99. The maximum absolute atomic E-state index is 5.52. The standard InChI is InChI=1S/C14H15N/c1-11(8-9-15)13-7-6-12-4-2-3-5-14(12)10-13/h2-7,10H,1,8-9,15H2. The molecule has 0 aliphatic rings. The van der Waals surface area contributed by atoms with Gasteiger partial charge in [0.25, 0.3) is 0 Å². The van der Waals surface area contributed by atoms with Gasteiger partial charge >= 0.3 is 0 Å². The van der Waals surface area contributed by atoms with Crippen LogP contribution in [0.5, 0.6) is 0 Å². The molecule has 0 amide bonds. The van der Waals surface area contributed by atoms with Crippen LogP contribution < -0.4 is 5.73 Å². The minimum absolute atomic E-state index is 0.658.